The molecule has 2 aromatic heterocycles. The fraction of sp³-hybridized carbons (Fsp3) is 0.296. The number of hydrogen-bond acceptors (Lipinski definition) is 6. The van der Waals surface area contributed by atoms with E-state index in [-0.39, 0.29) is 10.8 Å². The molecule has 1 saturated carbocycles. The van der Waals surface area contributed by atoms with Gasteiger partial charge in [0.2, 0.25) is 11.8 Å². The molecule has 0 spiro atoms. The summed E-state index contributed by atoms with van der Waals surface area (Å²) in [4.78, 5) is 13.9. The molecule has 0 bridgehead atoms. The van der Waals surface area contributed by atoms with Crippen molar-refractivity contribution in [1.29, 1.82) is 0 Å². The molecule has 2 aromatic carbocycles. The van der Waals surface area contributed by atoms with E-state index < -0.39 is 0 Å². The van der Waals surface area contributed by atoms with Crippen LogP contribution in [-0.4, -0.2) is 15.0 Å². The Hall–Kier alpha value is -3.67. The normalized spacial score (nSPS) is 15.1. The zero-order valence-electron chi connectivity index (χ0n) is 19.3. The molecule has 0 aliphatic heterocycles. The largest absolute Gasteiger partial charge is 0.448 e. The summed E-state index contributed by atoms with van der Waals surface area (Å²) >= 11 is 0. The van der Waals surface area contributed by atoms with Gasteiger partial charge in [0, 0.05) is 16.8 Å². The predicted octanol–water partition coefficient (Wildman–Crippen LogP) is 6.22. The monoisotopic (exact) mass is 439 g/mol. The minimum absolute atomic E-state index is 0.113. The van der Waals surface area contributed by atoms with Gasteiger partial charge in [-0.1, -0.05) is 69.7 Å². The SMILES string of the molecule is CC(C)(C)c1c(N)nc(Nc2ccc(C3(c4ncco4)CCC3)cc2)nc1-c1ccccc1. The number of nitrogen functional groups attached to an aromatic ring is 1. The number of nitrogens with zero attached hydrogens (tertiary/aromatic N) is 3. The number of nitrogens with one attached hydrogen (secondary N) is 1. The summed E-state index contributed by atoms with van der Waals surface area (Å²) in [5.74, 6) is 1.78. The van der Waals surface area contributed by atoms with Gasteiger partial charge in [0.05, 0.1) is 17.3 Å². The topological polar surface area (TPSA) is 89.9 Å². The van der Waals surface area contributed by atoms with Crippen LogP contribution in [-0.2, 0) is 10.8 Å². The zero-order valence-corrected chi connectivity index (χ0v) is 19.3. The number of anilines is 3. The van der Waals surface area contributed by atoms with Crippen LogP contribution in [0.25, 0.3) is 11.3 Å². The molecule has 5 rings (SSSR count). The Kier molecular flexibility index (Phi) is 5.16. The number of benzene rings is 2. The average Bonchev–Trinajstić information content (AvgIpc) is 3.28. The minimum atomic E-state index is -0.188. The number of aromatic nitrogens is 3. The van der Waals surface area contributed by atoms with Crippen molar-refractivity contribution in [2.24, 2.45) is 0 Å². The molecule has 1 fully saturated rings. The number of nitrogens with two attached hydrogens (primary N) is 1. The second kappa shape index (κ2) is 8.03. The molecule has 2 heterocycles. The Morgan fingerprint density at radius 2 is 1.70 bits per heavy atom. The molecule has 3 N–H and O–H groups in total. The van der Waals surface area contributed by atoms with E-state index in [1.54, 1.807) is 12.5 Å². The second-order valence-electron chi connectivity index (χ2n) is 9.75. The first-order chi connectivity index (χ1) is 15.9. The molecule has 1 aliphatic carbocycles. The number of oxazole rings is 1. The highest BCUT2D eigenvalue weighted by molar-refractivity contribution is 5.72. The van der Waals surface area contributed by atoms with Crippen LogP contribution in [0.15, 0.2) is 71.5 Å². The van der Waals surface area contributed by atoms with Gasteiger partial charge in [0.1, 0.15) is 12.1 Å². The quantitative estimate of drug-likeness (QED) is 0.383. The van der Waals surface area contributed by atoms with Crippen molar-refractivity contribution >= 4 is 17.5 Å². The lowest BCUT2D eigenvalue weighted by molar-refractivity contribution is 0.239. The molecule has 0 radical (unpaired) electrons. The Morgan fingerprint density at radius 3 is 2.27 bits per heavy atom. The van der Waals surface area contributed by atoms with E-state index in [0.29, 0.717) is 11.8 Å². The van der Waals surface area contributed by atoms with Crippen molar-refractivity contribution in [1.82, 2.24) is 15.0 Å². The highest BCUT2D eigenvalue weighted by atomic mass is 16.3. The van der Waals surface area contributed by atoms with Crippen LogP contribution in [0.4, 0.5) is 17.5 Å². The standard InChI is InChI=1S/C27H29N5O/c1-26(2,3)21-22(18-8-5-4-6-9-18)31-25(32-23(21)28)30-20-12-10-19(11-13-20)27(14-7-15-27)24-29-16-17-33-24/h4-6,8-13,16-17H,7,14-15H2,1-3H3,(H3,28,30,31,32). The van der Waals surface area contributed by atoms with E-state index in [1.807, 2.05) is 18.2 Å². The van der Waals surface area contributed by atoms with Gasteiger partial charge in [-0.05, 0) is 36.0 Å². The fourth-order valence-electron chi connectivity index (χ4n) is 4.70. The molecule has 0 unspecified atom stereocenters. The average molecular weight is 440 g/mol. The summed E-state index contributed by atoms with van der Waals surface area (Å²) in [5.41, 5.74) is 11.1. The molecule has 0 amide bonds. The first-order valence-electron chi connectivity index (χ1n) is 11.4. The second-order valence-corrected chi connectivity index (χ2v) is 9.75. The maximum absolute atomic E-state index is 6.45. The summed E-state index contributed by atoms with van der Waals surface area (Å²) < 4.78 is 5.67. The Labute approximate surface area is 194 Å². The molecular formula is C27H29N5O. The third-order valence-corrected chi connectivity index (χ3v) is 6.48. The van der Waals surface area contributed by atoms with E-state index in [0.717, 1.165) is 41.2 Å². The van der Waals surface area contributed by atoms with Gasteiger partial charge in [-0.25, -0.2) is 9.97 Å². The van der Waals surface area contributed by atoms with Gasteiger partial charge in [0.25, 0.3) is 0 Å². The van der Waals surface area contributed by atoms with Gasteiger partial charge in [-0.2, -0.15) is 4.98 Å². The molecule has 4 aromatic rings. The van der Waals surface area contributed by atoms with Crippen molar-refractivity contribution in [3.05, 3.63) is 84.1 Å². The first kappa shape index (κ1) is 21.2. The van der Waals surface area contributed by atoms with Gasteiger partial charge in [-0.15, -0.1) is 0 Å². The van der Waals surface area contributed by atoms with E-state index in [2.05, 4.69) is 72.5 Å². The molecular weight excluding hydrogens is 410 g/mol. The Morgan fingerprint density at radius 1 is 0.970 bits per heavy atom. The van der Waals surface area contributed by atoms with Gasteiger partial charge in [0.15, 0.2) is 0 Å². The maximum atomic E-state index is 6.45. The van der Waals surface area contributed by atoms with E-state index in [9.17, 15) is 0 Å². The molecule has 0 saturated heterocycles. The third-order valence-electron chi connectivity index (χ3n) is 6.48. The van der Waals surface area contributed by atoms with Gasteiger partial charge in [-0.3, -0.25) is 0 Å². The Balaban J connectivity index is 1.47. The lowest BCUT2D eigenvalue weighted by Crippen LogP contribution is -2.35. The summed E-state index contributed by atoms with van der Waals surface area (Å²) in [6.45, 7) is 6.39. The zero-order chi connectivity index (χ0) is 23.1. The summed E-state index contributed by atoms with van der Waals surface area (Å²) in [7, 11) is 0. The Bertz CT molecular complexity index is 1240. The van der Waals surface area contributed by atoms with Crippen LogP contribution < -0.4 is 11.1 Å². The molecule has 1 aliphatic rings. The third kappa shape index (κ3) is 3.86. The lowest BCUT2D eigenvalue weighted by Gasteiger charge is -2.39. The summed E-state index contributed by atoms with van der Waals surface area (Å²) in [6.07, 6.45) is 6.65. The fourth-order valence-corrected chi connectivity index (χ4v) is 4.70. The predicted molar refractivity (Wildman–Crippen MR) is 131 cm³/mol. The van der Waals surface area contributed by atoms with Crippen LogP contribution in [0.5, 0.6) is 0 Å². The van der Waals surface area contributed by atoms with Crippen LogP contribution in [0.2, 0.25) is 0 Å². The summed E-state index contributed by atoms with van der Waals surface area (Å²) in [5, 5.41) is 3.34. The highest BCUT2D eigenvalue weighted by Crippen LogP contribution is 2.48. The van der Waals surface area contributed by atoms with E-state index in [1.165, 1.54) is 12.0 Å². The molecule has 0 atom stereocenters. The lowest BCUT2D eigenvalue weighted by atomic mass is 9.64. The van der Waals surface area contributed by atoms with Gasteiger partial charge < -0.3 is 15.5 Å². The maximum Gasteiger partial charge on any atom is 0.229 e. The minimum Gasteiger partial charge on any atom is -0.448 e. The van der Waals surface area contributed by atoms with E-state index >= 15 is 0 Å². The highest BCUT2D eigenvalue weighted by Gasteiger charge is 2.44. The van der Waals surface area contributed by atoms with Crippen molar-refractivity contribution < 1.29 is 4.42 Å². The van der Waals surface area contributed by atoms with Crippen molar-refractivity contribution in [2.45, 2.75) is 50.9 Å². The van der Waals surface area contributed by atoms with Gasteiger partial charge >= 0.3 is 0 Å². The van der Waals surface area contributed by atoms with Crippen molar-refractivity contribution in [2.75, 3.05) is 11.1 Å². The molecule has 168 valence electrons. The smallest absolute Gasteiger partial charge is 0.229 e. The number of rotatable bonds is 5. The van der Waals surface area contributed by atoms with Crippen molar-refractivity contribution in [3.63, 3.8) is 0 Å². The van der Waals surface area contributed by atoms with Crippen LogP contribution in [0, 0.1) is 0 Å². The first-order valence-corrected chi connectivity index (χ1v) is 11.4. The van der Waals surface area contributed by atoms with Crippen LogP contribution in [0.1, 0.15) is 57.1 Å². The van der Waals surface area contributed by atoms with E-state index in [4.69, 9.17) is 15.1 Å². The van der Waals surface area contributed by atoms with Crippen LogP contribution in [0.3, 0.4) is 0 Å². The number of hydrogen-bond donors (Lipinski definition) is 2. The van der Waals surface area contributed by atoms with Crippen LogP contribution >= 0.6 is 0 Å². The molecule has 6 nitrogen and oxygen atoms in total. The molecule has 6 heteroatoms. The van der Waals surface area contributed by atoms with Crippen molar-refractivity contribution in [3.8, 4) is 11.3 Å². The summed E-state index contributed by atoms with van der Waals surface area (Å²) in [6, 6.07) is 18.5. The molecule has 33 heavy (non-hydrogen) atoms.